The molecule has 4 aromatic rings. The van der Waals surface area contributed by atoms with Crippen molar-refractivity contribution in [2.24, 2.45) is 0 Å². The number of hydrogen-bond donors (Lipinski definition) is 2. The fourth-order valence-electron chi connectivity index (χ4n) is 7.70. The Kier molecular flexibility index (Phi) is 5.98. The molecule has 0 radical (unpaired) electrons. The van der Waals surface area contributed by atoms with Gasteiger partial charge in [0.15, 0.2) is 5.82 Å². The summed E-state index contributed by atoms with van der Waals surface area (Å²) >= 11 is 6.57. The van der Waals surface area contributed by atoms with Gasteiger partial charge in [-0.1, -0.05) is 23.7 Å². The number of benzene rings is 2. The van der Waals surface area contributed by atoms with E-state index in [4.69, 9.17) is 21.3 Å². The molecule has 41 heavy (non-hydrogen) atoms. The number of anilines is 1. The first-order valence-corrected chi connectivity index (χ1v) is 15.0. The molecule has 0 amide bonds. The molecular formula is C31H32ClFN6O2. The van der Waals surface area contributed by atoms with Crippen LogP contribution in [0.1, 0.15) is 38.5 Å². The molecule has 4 fully saturated rings. The molecule has 4 aliphatic heterocycles. The Morgan fingerprint density at radius 1 is 1.10 bits per heavy atom. The Balaban J connectivity index is 1.26. The zero-order chi connectivity index (χ0) is 27.7. The minimum absolute atomic E-state index is 0.0108. The minimum atomic E-state index is -0.581. The lowest BCUT2D eigenvalue weighted by atomic mass is 9.95. The van der Waals surface area contributed by atoms with Gasteiger partial charge in [0.1, 0.15) is 29.4 Å². The summed E-state index contributed by atoms with van der Waals surface area (Å²) in [5, 5.41) is 16.5. The van der Waals surface area contributed by atoms with Crippen LogP contribution < -0.4 is 15.0 Å². The Hall–Kier alpha value is -3.27. The highest BCUT2D eigenvalue weighted by atomic mass is 35.5. The van der Waals surface area contributed by atoms with Gasteiger partial charge in [0.25, 0.3) is 0 Å². The highest BCUT2D eigenvalue weighted by molar-refractivity contribution is 6.36. The number of fused-ring (bicyclic) bond motifs is 5. The number of phenols is 1. The lowest BCUT2D eigenvalue weighted by molar-refractivity contribution is 0.108. The summed E-state index contributed by atoms with van der Waals surface area (Å²) in [6, 6.07) is 9.47. The van der Waals surface area contributed by atoms with E-state index in [-0.39, 0.29) is 28.5 Å². The number of nitrogens with zero attached hydrogens (tertiary/aromatic N) is 5. The summed E-state index contributed by atoms with van der Waals surface area (Å²) in [5.74, 6) is 0.0893. The number of ether oxygens (including phenoxy) is 1. The van der Waals surface area contributed by atoms with Gasteiger partial charge < -0.3 is 20.1 Å². The van der Waals surface area contributed by atoms with Crippen molar-refractivity contribution in [3.05, 3.63) is 47.4 Å². The van der Waals surface area contributed by atoms with Crippen LogP contribution in [0.15, 0.2) is 36.5 Å². The number of aromatic hydroxyl groups is 1. The second-order valence-corrected chi connectivity index (χ2v) is 12.5. The first-order valence-electron chi connectivity index (χ1n) is 14.6. The predicted octanol–water partition coefficient (Wildman–Crippen LogP) is 5.29. The smallest absolute Gasteiger partial charge is 0.319 e. The largest absolute Gasteiger partial charge is 0.508 e. The van der Waals surface area contributed by atoms with Gasteiger partial charge in [0.05, 0.1) is 10.9 Å². The van der Waals surface area contributed by atoms with Crippen LogP contribution in [0.5, 0.6) is 11.8 Å². The van der Waals surface area contributed by atoms with Crippen molar-refractivity contribution in [1.82, 2.24) is 25.2 Å². The number of nitrogens with one attached hydrogen (secondary N) is 1. The summed E-state index contributed by atoms with van der Waals surface area (Å²) in [4.78, 5) is 18.9. The van der Waals surface area contributed by atoms with Gasteiger partial charge in [-0.2, -0.15) is 9.97 Å². The maximum Gasteiger partial charge on any atom is 0.319 e. The summed E-state index contributed by atoms with van der Waals surface area (Å²) in [6.07, 6.45) is 8.42. The highest BCUT2D eigenvalue weighted by Crippen LogP contribution is 2.41. The van der Waals surface area contributed by atoms with Crippen LogP contribution in [0.25, 0.3) is 32.9 Å². The number of aromatic nitrogens is 3. The van der Waals surface area contributed by atoms with E-state index < -0.39 is 5.82 Å². The van der Waals surface area contributed by atoms with Gasteiger partial charge in [-0.15, -0.1) is 0 Å². The van der Waals surface area contributed by atoms with Gasteiger partial charge in [0.2, 0.25) is 0 Å². The second kappa shape index (κ2) is 9.64. The molecule has 4 aliphatic rings. The molecule has 8 nitrogen and oxygen atoms in total. The zero-order valence-corrected chi connectivity index (χ0v) is 23.5. The second-order valence-electron chi connectivity index (χ2n) is 12.1. The van der Waals surface area contributed by atoms with Crippen molar-refractivity contribution in [2.45, 2.75) is 56.1 Å². The van der Waals surface area contributed by atoms with E-state index in [1.54, 1.807) is 24.4 Å². The average Bonchev–Trinajstić information content (AvgIpc) is 3.65. The van der Waals surface area contributed by atoms with Crippen LogP contribution in [0, 0.1) is 5.82 Å². The van der Waals surface area contributed by atoms with Gasteiger partial charge >= 0.3 is 6.01 Å². The lowest BCUT2D eigenvalue weighted by Gasteiger charge is -2.34. The number of hydrogen-bond acceptors (Lipinski definition) is 8. The van der Waals surface area contributed by atoms with Gasteiger partial charge in [0, 0.05) is 47.3 Å². The van der Waals surface area contributed by atoms with E-state index in [0.29, 0.717) is 51.3 Å². The molecule has 4 saturated heterocycles. The molecule has 0 saturated carbocycles. The fraction of sp³-hybridized carbons (Fsp3) is 0.452. The predicted molar refractivity (Wildman–Crippen MR) is 157 cm³/mol. The molecule has 6 heterocycles. The van der Waals surface area contributed by atoms with E-state index in [1.165, 1.54) is 18.9 Å². The van der Waals surface area contributed by atoms with Crippen LogP contribution in [-0.2, 0) is 0 Å². The summed E-state index contributed by atoms with van der Waals surface area (Å²) in [5.41, 5.74) is 0.681. The lowest BCUT2D eigenvalue weighted by Crippen LogP contribution is -2.51. The third kappa shape index (κ3) is 4.20. The number of phenolic OH excluding ortho intramolecular Hbond substituents is 1. The summed E-state index contributed by atoms with van der Waals surface area (Å²) in [6.45, 7) is 4.27. The standard InChI is InChI=1S/C31H32ClFN6O2/c32-24-5-1-4-18-12-21(40)13-22(25(18)24)27-26(33)28-23(14-34-27)29(38-15-19-6-7-20(16-38)35-19)37-30(36-28)41-17-31-8-2-10-39(31)11-3-9-31/h1,4-5,12-14,19-20,35,40H,2-3,6-11,15-17H2. The van der Waals surface area contributed by atoms with E-state index in [0.717, 1.165) is 51.9 Å². The molecule has 212 valence electrons. The Labute approximate surface area is 242 Å². The monoisotopic (exact) mass is 574 g/mol. The molecule has 2 unspecified atom stereocenters. The summed E-state index contributed by atoms with van der Waals surface area (Å²) < 4.78 is 23.0. The van der Waals surface area contributed by atoms with E-state index in [9.17, 15) is 5.11 Å². The first-order chi connectivity index (χ1) is 20.0. The van der Waals surface area contributed by atoms with Crippen LogP contribution in [-0.4, -0.2) is 75.4 Å². The number of rotatable bonds is 5. The zero-order valence-electron chi connectivity index (χ0n) is 22.7. The maximum atomic E-state index is 16.6. The van der Waals surface area contributed by atoms with Crippen LogP contribution >= 0.6 is 11.6 Å². The van der Waals surface area contributed by atoms with Crippen molar-refractivity contribution < 1.29 is 14.2 Å². The molecule has 0 aliphatic carbocycles. The topological polar surface area (TPSA) is 86.6 Å². The SMILES string of the molecule is Oc1cc(-c2ncc3c(N4CC5CCC(C4)N5)nc(OCC45CCCN4CCC5)nc3c2F)c2c(Cl)cccc2c1. The van der Waals surface area contributed by atoms with Gasteiger partial charge in [-0.05, 0) is 75.2 Å². The Bertz CT molecular complexity index is 1660. The Morgan fingerprint density at radius 2 is 1.88 bits per heavy atom. The van der Waals surface area contributed by atoms with Crippen LogP contribution in [0.2, 0.25) is 5.02 Å². The molecule has 10 heteroatoms. The normalized spacial score (nSPS) is 23.5. The van der Waals surface area contributed by atoms with E-state index >= 15 is 4.39 Å². The Morgan fingerprint density at radius 3 is 2.66 bits per heavy atom. The van der Waals surface area contributed by atoms with Crippen molar-refractivity contribution in [3.8, 4) is 23.0 Å². The maximum absolute atomic E-state index is 16.6. The minimum Gasteiger partial charge on any atom is -0.508 e. The van der Waals surface area contributed by atoms with Crippen molar-refractivity contribution in [3.63, 3.8) is 0 Å². The van der Waals surface area contributed by atoms with Crippen molar-refractivity contribution >= 4 is 39.1 Å². The van der Waals surface area contributed by atoms with Crippen LogP contribution in [0.3, 0.4) is 0 Å². The number of pyridine rings is 1. The molecular weight excluding hydrogens is 543 g/mol. The van der Waals surface area contributed by atoms with E-state index in [2.05, 4.69) is 25.1 Å². The molecule has 0 spiro atoms. The molecule has 2 aromatic heterocycles. The van der Waals surface area contributed by atoms with Crippen molar-refractivity contribution in [2.75, 3.05) is 37.7 Å². The third-order valence-corrected chi connectivity index (χ3v) is 9.92. The molecule has 2 N–H and O–H groups in total. The molecule has 8 rings (SSSR count). The van der Waals surface area contributed by atoms with Crippen LogP contribution in [0.4, 0.5) is 10.2 Å². The third-order valence-electron chi connectivity index (χ3n) is 9.61. The highest BCUT2D eigenvalue weighted by Gasteiger charge is 2.45. The molecule has 2 bridgehead atoms. The van der Waals surface area contributed by atoms with Gasteiger partial charge in [-0.3, -0.25) is 9.88 Å². The van der Waals surface area contributed by atoms with Crippen molar-refractivity contribution in [1.29, 1.82) is 0 Å². The average molecular weight is 575 g/mol. The quantitative estimate of drug-likeness (QED) is 0.332. The number of piperazine rings is 1. The first kappa shape index (κ1) is 25.4. The summed E-state index contributed by atoms with van der Waals surface area (Å²) in [7, 11) is 0. The van der Waals surface area contributed by atoms with E-state index in [1.807, 2.05) is 6.07 Å². The molecule has 2 aromatic carbocycles. The fourth-order valence-corrected chi connectivity index (χ4v) is 7.98. The van der Waals surface area contributed by atoms with Gasteiger partial charge in [-0.25, -0.2) is 4.39 Å². The number of halogens is 2. The molecule has 2 atom stereocenters.